The summed E-state index contributed by atoms with van der Waals surface area (Å²) in [4.78, 5) is 4.18. The van der Waals surface area contributed by atoms with Crippen LogP contribution in [0.15, 0.2) is 18.5 Å². The summed E-state index contributed by atoms with van der Waals surface area (Å²) < 4.78 is 0. The molecule has 0 N–H and O–H groups in total. The molecule has 0 spiro atoms. The minimum atomic E-state index is 0.420. The van der Waals surface area contributed by atoms with Gasteiger partial charge >= 0.3 is 0 Å². The maximum atomic E-state index is 4.18. The molecule has 0 aromatic carbocycles. The molecule has 1 aromatic heterocycles. The standard InChI is InChI=1S/C12H19N.2C2H6/c1-10-7-11(9-13-8-10)5-6-12(2,3)4;2*1-2/h7-9H,5-6H2,1-4H3;2*1-2H3. The van der Waals surface area contributed by atoms with Gasteiger partial charge in [0.1, 0.15) is 0 Å². The van der Waals surface area contributed by atoms with Gasteiger partial charge in [0.2, 0.25) is 0 Å². The zero-order valence-corrected chi connectivity index (χ0v) is 13.1. The van der Waals surface area contributed by atoms with Gasteiger partial charge in [0, 0.05) is 12.4 Å². The molecule has 1 heterocycles. The van der Waals surface area contributed by atoms with Crippen LogP contribution in [-0.2, 0) is 6.42 Å². The number of hydrogen-bond acceptors (Lipinski definition) is 1. The fourth-order valence-electron chi connectivity index (χ4n) is 1.27. The Morgan fingerprint density at radius 1 is 1.00 bits per heavy atom. The van der Waals surface area contributed by atoms with Crippen molar-refractivity contribution in [1.29, 1.82) is 0 Å². The van der Waals surface area contributed by atoms with E-state index in [1.54, 1.807) is 0 Å². The van der Waals surface area contributed by atoms with Gasteiger partial charge in [0.25, 0.3) is 0 Å². The van der Waals surface area contributed by atoms with E-state index in [0.717, 1.165) is 6.42 Å². The second-order valence-electron chi connectivity index (χ2n) is 4.93. The fourth-order valence-corrected chi connectivity index (χ4v) is 1.27. The van der Waals surface area contributed by atoms with E-state index < -0.39 is 0 Å². The highest BCUT2D eigenvalue weighted by molar-refractivity contribution is 5.16. The smallest absolute Gasteiger partial charge is 0.0300 e. The zero-order chi connectivity index (χ0) is 13.9. The summed E-state index contributed by atoms with van der Waals surface area (Å²) in [6.45, 7) is 16.9. The number of aryl methyl sites for hydroxylation is 2. The van der Waals surface area contributed by atoms with Crippen LogP contribution < -0.4 is 0 Å². The van der Waals surface area contributed by atoms with Gasteiger partial charge in [-0.2, -0.15) is 0 Å². The third kappa shape index (κ3) is 11.4. The Morgan fingerprint density at radius 2 is 1.53 bits per heavy atom. The van der Waals surface area contributed by atoms with E-state index in [4.69, 9.17) is 0 Å². The molecule has 100 valence electrons. The lowest BCUT2D eigenvalue weighted by Gasteiger charge is -2.17. The summed E-state index contributed by atoms with van der Waals surface area (Å²) in [5.41, 5.74) is 3.03. The van der Waals surface area contributed by atoms with Crippen LogP contribution in [-0.4, -0.2) is 4.98 Å². The van der Waals surface area contributed by atoms with Crippen LogP contribution in [0.5, 0.6) is 0 Å². The van der Waals surface area contributed by atoms with Gasteiger partial charge in [-0.1, -0.05) is 54.5 Å². The number of pyridine rings is 1. The first-order valence-corrected chi connectivity index (χ1v) is 6.88. The first kappa shape index (κ1) is 18.5. The van der Waals surface area contributed by atoms with Crippen molar-refractivity contribution in [2.45, 2.75) is 68.2 Å². The first-order chi connectivity index (χ1) is 7.97. The summed E-state index contributed by atoms with van der Waals surface area (Å²) in [6.07, 6.45) is 6.23. The predicted molar refractivity (Wildman–Crippen MR) is 79.4 cm³/mol. The van der Waals surface area contributed by atoms with Gasteiger partial charge in [-0.3, -0.25) is 4.98 Å². The summed E-state index contributed by atoms with van der Waals surface area (Å²) in [5, 5.41) is 0. The number of aromatic nitrogens is 1. The van der Waals surface area contributed by atoms with E-state index in [2.05, 4.69) is 38.7 Å². The van der Waals surface area contributed by atoms with Gasteiger partial charge in [0.05, 0.1) is 0 Å². The monoisotopic (exact) mass is 237 g/mol. The maximum absolute atomic E-state index is 4.18. The highest BCUT2D eigenvalue weighted by atomic mass is 14.6. The molecule has 17 heavy (non-hydrogen) atoms. The van der Waals surface area contributed by atoms with Crippen molar-refractivity contribution in [3.05, 3.63) is 29.6 Å². The lowest BCUT2D eigenvalue weighted by Crippen LogP contribution is -2.06. The van der Waals surface area contributed by atoms with Crippen molar-refractivity contribution in [2.75, 3.05) is 0 Å². The molecule has 1 heteroatoms. The third-order valence-corrected chi connectivity index (χ3v) is 2.10. The Kier molecular flexibility index (Phi) is 11.2. The molecular formula is C16H31N. The lowest BCUT2D eigenvalue weighted by atomic mass is 9.89. The Hall–Kier alpha value is -0.850. The Bertz CT molecular complexity index is 271. The molecule has 0 saturated heterocycles. The molecule has 0 amide bonds. The highest BCUT2D eigenvalue weighted by Crippen LogP contribution is 2.21. The van der Waals surface area contributed by atoms with Crippen molar-refractivity contribution in [1.82, 2.24) is 4.98 Å². The fraction of sp³-hybridized carbons (Fsp3) is 0.688. The summed E-state index contributed by atoms with van der Waals surface area (Å²) in [6, 6.07) is 2.22. The number of nitrogens with zero attached hydrogens (tertiary/aromatic N) is 1. The topological polar surface area (TPSA) is 12.9 Å². The van der Waals surface area contributed by atoms with Crippen LogP contribution in [0, 0.1) is 12.3 Å². The van der Waals surface area contributed by atoms with Crippen LogP contribution in [0.25, 0.3) is 0 Å². The van der Waals surface area contributed by atoms with E-state index in [1.807, 2.05) is 40.1 Å². The van der Waals surface area contributed by atoms with Crippen LogP contribution in [0.4, 0.5) is 0 Å². The molecule has 1 aromatic rings. The van der Waals surface area contributed by atoms with Crippen LogP contribution >= 0.6 is 0 Å². The second kappa shape index (κ2) is 10.3. The van der Waals surface area contributed by atoms with Gasteiger partial charge < -0.3 is 0 Å². The molecule has 0 aliphatic rings. The predicted octanol–water partition coefficient (Wildman–Crippen LogP) is 5.42. The molecular weight excluding hydrogens is 206 g/mol. The van der Waals surface area contributed by atoms with Crippen LogP contribution in [0.1, 0.15) is 66.0 Å². The molecule has 0 fully saturated rings. The van der Waals surface area contributed by atoms with E-state index in [1.165, 1.54) is 17.5 Å². The van der Waals surface area contributed by atoms with Gasteiger partial charge in [-0.25, -0.2) is 0 Å². The van der Waals surface area contributed by atoms with Gasteiger partial charge in [-0.05, 0) is 36.3 Å². The zero-order valence-electron chi connectivity index (χ0n) is 13.1. The molecule has 0 unspecified atom stereocenters. The van der Waals surface area contributed by atoms with Crippen molar-refractivity contribution in [3.63, 3.8) is 0 Å². The first-order valence-electron chi connectivity index (χ1n) is 6.88. The number of hydrogen-bond donors (Lipinski definition) is 0. The van der Waals surface area contributed by atoms with Crippen LogP contribution in [0.2, 0.25) is 0 Å². The second-order valence-corrected chi connectivity index (χ2v) is 4.93. The normalized spacial score (nSPS) is 9.65. The van der Waals surface area contributed by atoms with Crippen molar-refractivity contribution in [3.8, 4) is 0 Å². The highest BCUT2D eigenvalue weighted by Gasteiger charge is 2.09. The average Bonchev–Trinajstić information content (AvgIpc) is 2.31. The SMILES string of the molecule is CC.CC.Cc1cncc(CCC(C)(C)C)c1. The Morgan fingerprint density at radius 3 is 1.94 bits per heavy atom. The number of rotatable bonds is 2. The molecule has 0 atom stereocenters. The Balaban J connectivity index is 0. The van der Waals surface area contributed by atoms with Crippen molar-refractivity contribution >= 4 is 0 Å². The maximum Gasteiger partial charge on any atom is 0.0300 e. The van der Waals surface area contributed by atoms with Gasteiger partial charge in [0.15, 0.2) is 0 Å². The van der Waals surface area contributed by atoms with Crippen molar-refractivity contribution < 1.29 is 0 Å². The van der Waals surface area contributed by atoms with Crippen molar-refractivity contribution in [2.24, 2.45) is 5.41 Å². The Labute approximate surface area is 109 Å². The molecule has 0 aliphatic heterocycles. The quantitative estimate of drug-likeness (QED) is 0.669. The molecule has 0 saturated carbocycles. The third-order valence-electron chi connectivity index (χ3n) is 2.10. The average molecular weight is 237 g/mol. The molecule has 1 nitrogen and oxygen atoms in total. The minimum Gasteiger partial charge on any atom is -0.264 e. The van der Waals surface area contributed by atoms with Crippen LogP contribution in [0.3, 0.4) is 0 Å². The minimum absolute atomic E-state index is 0.420. The van der Waals surface area contributed by atoms with E-state index in [9.17, 15) is 0 Å². The van der Waals surface area contributed by atoms with Gasteiger partial charge in [-0.15, -0.1) is 0 Å². The summed E-state index contributed by atoms with van der Waals surface area (Å²) >= 11 is 0. The summed E-state index contributed by atoms with van der Waals surface area (Å²) in [5.74, 6) is 0. The molecule has 0 aliphatic carbocycles. The molecule has 1 rings (SSSR count). The largest absolute Gasteiger partial charge is 0.264 e. The summed E-state index contributed by atoms with van der Waals surface area (Å²) in [7, 11) is 0. The molecule has 0 bridgehead atoms. The van der Waals surface area contributed by atoms with E-state index >= 15 is 0 Å². The lowest BCUT2D eigenvalue weighted by molar-refractivity contribution is 0.378. The molecule has 0 radical (unpaired) electrons. The van der Waals surface area contributed by atoms with E-state index in [0.29, 0.717) is 5.41 Å². The van der Waals surface area contributed by atoms with E-state index in [-0.39, 0.29) is 0 Å².